The van der Waals surface area contributed by atoms with Crippen LogP contribution in [0.5, 0.6) is 0 Å². The molecule has 3 heteroatoms. The molecule has 7 rings (SSSR count). The van der Waals surface area contributed by atoms with Gasteiger partial charge in [-0.1, -0.05) is 119 Å². The molecular formula is C36H24BrNS. The van der Waals surface area contributed by atoms with E-state index in [1.807, 2.05) is 11.3 Å². The molecule has 1 nitrogen and oxygen atoms in total. The van der Waals surface area contributed by atoms with Crippen LogP contribution in [0.1, 0.15) is 0 Å². The van der Waals surface area contributed by atoms with Gasteiger partial charge in [0.25, 0.3) is 0 Å². The van der Waals surface area contributed by atoms with E-state index in [4.69, 9.17) is 0 Å². The maximum absolute atomic E-state index is 3.83. The lowest BCUT2D eigenvalue weighted by Gasteiger charge is -2.27. The molecular weight excluding hydrogens is 558 g/mol. The number of halogens is 1. The second kappa shape index (κ2) is 10.2. The van der Waals surface area contributed by atoms with E-state index >= 15 is 0 Å². The van der Waals surface area contributed by atoms with Crippen molar-refractivity contribution in [2.75, 3.05) is 4.90 Å². The van der Waals surface area contributed by atoms with Crippen LogP contribution in [0.25, 0.3) is 42.4 Å². The van der Waals surface area contributed by atoms with Gasteiger partial charge in [0.15, 0.2) is 0 Å². The monoisotopic (exact) mass is 581 g/mol. The lowest BCUT2D eigenvalue weighted by molar-refractivity contribution is 1.30. The van der Waals surface area contributed by atoms with Crippen molar-refractivity contribution in [1.82, 2.24) is 0 Å². The molecule has 7 aromatic rings. The predicted molar refractivity (Wildman–Crippen MR) is 173 cm³/mol. The predicted octanol–water partition coefficient (Wildman–Crippen LogP) is 11.6. The van der Waals surface area contributed by atoms with Crippen molar-refractivity contribution in [2.24, 2.45) is 0 Å². The number of anilines is 3. The molecule has 0 aliphatic heterocycles. The van der Waals surface area contributed by atoms with Crippen LogP contribution in [0, 0.1) is 0 Å². The van der Waals surface area contributed by atoms with Gasteiger partial charge in [-0.05, 0) is 64.7 Å². The van der Waals surface area contributed by atoms with Gasteiger partial charge in [-0.3, -0.25) is 0 Å². The van der Waals surface area contributed by atoms with E-state index in [1.165, 1.54) is 48.1 Å². The van der Waals surface area contributed by atoms with Crippen LogP contribution < -0.4 is 4.90 Å². The summed E-state index contributed by atoms with van der Waals surface area (Å²) < 4.78 is 3.64. The highest BCUT2D eigenvalue weighted by Crippen LogP contribution is 2.46. The third-order valence-corrected chi connectivity index (χ3v) is 8.80. The van der Waals surface area contributed by atoms with E-state index in [9.17, 15) is 0 Å². The largest absolute Gasteiger partial charge is 0.309 e. The highest BCUT2D eigenvalue weighted by molar-refractivity contribution is 9.10. The quantitative estimate of drug-likeness (QED) is 0.195. The van der Waals surface area contributed by atoms with Crippen molar-refractivity contribution < 1.29 is 0 Å². The van der Waals surface area contributed by atoms with E-state index in [0.29, 0.717) is 0 Å². The first kappa shape index (κ1) is 23.9. The van der Waals surface area contributed by atoms with Gasteiger partial charge in [0.1, 0.15) is 0 Å². The summed E-state index contributed by atoms with van der Waals surface area (Å²) in [6.45, 7) is 0. The fourth-order valence-electron chi connectivity index (χ4n) is 5.24. The van der Waals surface area contributed by atoms with Crippen molar-refractivity contribution in [3.63, 3.8) is 0 Å². The van der Waals surface area contributed by atoms with Crippen molar-refractivity contribution in [3.05, 3.63) is 150 Å². The molecule has 39 heavy (non-hydrogen) atoms. The van der Waals surface area contributed by atoms with Gasteiger partial charge in [0, 0.05) is 31.3 Å². The van der Waals surface area contributed by atoms with Crippen LogP contribution in [0.2, 0.25) is 0 Å². The molecule has 0 N–H and O–H groups in total. The molecule has 186 valence electrons. The molecule has 1 aromatic heterocycles. The Bertz CT molecular complexity index is 1810. The molecule has 1 heterocycles. The summed E-state index contributed by atoms with van der Waals surface area (Å²) in [5.74, 6) is 0. The molecule has 0 bridgehead atoms. The molecule has 0 aliphatic rings. The number of nitrogens with zero attached hydrogens (tertiary/aromatic N) is 1. The SMILES string of the molecule is Brc1cc(N(c2ccc(-c3ccccc3)cc2)c2ccc(-c3ccccc3)cc2)c2sc3ccccc3c2c1. The van der Waals surface area contributed by atoms with E-state index in [2.05, 4.69) is 166 Å². The highest BCUT2D eigenvalue weighted by Gasteiger charge is 2.19. The summed E-state index contributed by atoms with van der Waals surface area (Å²) in [6, 6.07) is 52.0. The van der Waals surface area contributed by atoms with Crippen molar-refractivity contribution in [3.8, 4) is 22.3 Å². The topological polar surface area (TPSA) is 3.24 Å². The number of hydrogen-bond acceptors (Lipinski definition) is 2. The van der Waals surface area contributed by atoms with Crippen molar-refractivity contribution in [2.45, 2.75) is 0 Å². The van der Waals surface area contributed by atoms with Crippen LogP contribution in [0.15, 0.2) is 150 Å². The smallest absolute Gasteiger partial charge is 0.0651 e. The number of fused-ring (bicyclic) bond motifs is 3. The first-order valence-electron chi connectivity index (χ1n) is 13.0. The minimum absolute atomic E-state index is 1.07. The standard InChI is InChI=1S/C36H24BrNS/c37-29-23-33-32-13-7-8-14-35(32)39-36(33)34(24-29)38(30-19-15-27(16-20-30)25-9-3-1-4-10-25)31-21-17-28(18-22-31)26-11-5-2-6-12-26/h1-24H. The highest BCUT2D eigenvalue weighted by atomic mass is 79.9. The third-order valence-electron chi connectivity index (χ3n) is 7.13. The van der Waals surface area contributed by atoms with Crippen molar-refractivity contribution >= 4 is 64.5 Å². The zero-order valence-electron chi connectivity index (χ0n) is 21.1. The number of benzene rings is 6. The Hall–Kier alpha value is -4.18. The lowest BCUT2D eigenvalue weighted by atomic mass is 10.0. The fourth-order valence-corrected chi connectivity index (χ4v) is 6.87. The van der Waals surface area contributed by atoms with Crippen molar-refractivity contribution in [1.29, 1.82) is 0 Å². The summed E-state index contributed by atoms with van der Waals surface area (Å²) in [6.07, 6.45) is 0. The second-order valence-electron chi connectivity index (χ2n) is 9.56. The first-order valence-corrected chi connectivity index (χ1v) is 14.6. The summed E-state index contributed by atoms with van der Waals surface area (Å²) in [4.78, 5) is 2.38. The summed E-state index contributed by atoms with van der Waals surface area (Å²) in [7, 11) is 0. The van der Waals surface area contributed by atoms with E-state index in [0.717, 1.165) is 15.8 Å². The second-order valence-corrected chi connectivity index (χ2v) is 11.5. The Morgan fingerprint density at radius 2 is 0.949 bits per heavy atom. The minimum Gasteiger partial charge on any atom is -0.309 e. The van der Waals surface area contributed by atoms with E-state index in [1.54, 1.807) is 0 Å². The first-order chi connectivity index (χ1) is 19.2. The molecule has 0 radical (unpaired) electrons. The van der Waals surface area contributed by atoms with Crippen LogP contribution in [0.4, 0.5) is 17.1 Å². The average molecular weight is 583 g/mol. The molecule has 0 aliphatic carbocycles. The van der Waals surface area contributed by atoms with Crippen LogP contribution in [-0.4, -0.2) is 0 Å². The Morgan fingerprint density at radius 1 is 0.462 bits per heavy atom. The van der Waals surface area contributed by atoms with Gasteiger partial charge in [-0.15, -0.1) is 11.3 Å². The van der Waals surface area contributed by atoms with E-state index < -0.39 is 0 Å². The van der Waals surface area contributed by atoms with Gasteiger partial charge in [-0.2, -0.15) is 0 Å². The van der Waals surface area contributed by atoms with E-state index in [-0.39, 0.29) is 0 Å². The third kappa shape index (κ3) is 4.54. The molecule has 0 saturated carbocycles. The molecule has 0 atom stereocenters. The number of rotatable bonds is 5. The van der Waals surface area contributed by atoms with Crippen LogP contribution in [0.3, 0.4) is 0 Å². The Labute approximate surface area is 240 Å². The molecule has 0 fully saturated rings. The van der Waals surface area contributed by atoms with Crippen LogP contribution >= 0.6 is 27.3 Å². The molecule has 0 unspecified atom stereocenters. The minimum atomic E-state index is 1.07. The molecule has 0 saturated heterocycles. The Balaban J connectivity index is 1.41. The zero-order chi connectivity index (χ0) is 26.2. The normalized spacial score (nSPS) is 11.2. The number of hydrogen-bond donors (Lipinski definition) is 0. The van der Waals surface area contributed by atoms with Gasteiger partial charge in [0.05, 0.1) is 10.4 Å². The van der Waals surface area contributed by atoms with Gasteiger partial charge < -0.3 is 4.90 Å². The molecule has 6 aromatic carbocycles. The van der Waals surface area contributed by atoms with Gasteiger partial charge in [0.2, 0.25) is 0 Å². The van der Waals surface area contributed by atoms with Gasteiger partial charge >= 0.3 is 0 Å². The maximum atomic E-state index is 3.83. The maximum Gasteiger partial charge on any atom is 0.0651 e. The summed E-state index contributed by atoms with van der Waals surface area (Å²) in [5, 5.41) is 2.56. The average Bonchev–Trinajstić information content (AvgIpc) is 3.37. The Morgan fingerprint density at radius 3 is 1.51 bits per heavy atom. The van der Waals surface area contributed by atoms with Gasteiger partial charge in [-0.25, -0.2) is 0 Å². The summed E-state index contributed by atoms with van der Waals surface area (Å²) in [5.41, 5.74) is 8.27. The van der Waals surface area contributed by atoms with Crippen LogP contribution in [-0.2, 0) is 0 Å². The fraction of sp³-hybridized carbons (Fsp3) is 0. The molecule has 0 spiro atoms. The number of thiophene rings is 1. The zero-order valence-corrected chi connectivity index (χ0v) is 23.5. The summed E-state index contributed by atoms with van der Waals surface area (Å²) >= 11 is 5.68. The Kier molecular flexibility index (Phi) is 6.24. The molecule has 0 amide bonds. The lowest BCUT2D eigenvalue weighted by Crippen LogP contribution is -2.10.